The summed E-state index contributed by atoms with van der Waals surface area (Å²) in [6, 6.07) is 11.2. The van der Waals surface area contributed by atoms with Crippen LogP contribution in [0.25, 0.3) is 0 Å². The van der Waals surface area contributed by atoms with E-state index in [0.29, 0.717) is 12.6 Å². The average molecular weight is 248 g/mol. The highest BCUT2D eigenvalue weighted by atomic mass is 16.3. The first-order valence-electron chi connectivity index (χ1n) is 6.92. The summed E-state index contributed by atoms with van der Waals surface area (Å²) in [4.78, 5) is 2.51. The van der Waals surface area contributed by atoms with Crippen LogP contribution < -0.4 is 5.32 Å². The SMILES string of the molecule is CC(O)CNC1CCN(Cc2ccccc2)CC1. The quantitative estimate of drug-likeness (QED) is 0.831. The number of nitrogens with one attached hydrogen (secondary N) is 1. The maximum atomic E-state index is 9.26. The Bertz CT molecular complexity index is 332. The fourth-order valence-electron chi connectivity index (χ4n) is 2.47. The van der Waals surface area contributed by atoms with E-state index in [0.717, 1.165) is 19.6 Å². The molecule has 0 amide bonds. The molecular weight excluding hydrogens is 224 g/mol. The summed E-state index contributed by atoms with van der Waals surface area (Å²) >= 11 is 0. The van der Waals surface area contributed by atoms with Crippen LogP contribution in [0.3, 0.4) is 0 Å². The van der Waals surface area contributed by atoms with Gasteiger partial charge in [0.1, 0.15) is 0 Å². The Morgan fingerprint density at radius 1 is 1.28 bits per heavy atom. The molecule has 1 atom stereocenters. The molecule has 18 heavy (non-hydrogen) atoms. The smallest absolute Gasteiger partial charge is 0.0636 e. The van der Waals surface area contributed by atoms with Gasteiger partial charge >= 0.3 is 0 Å². The summed E-state index contributed by atoms with van der Waals surface area (Å²) in [5.41, 5.74) is 1.40. The molecule has 0 spiro atoms. The zero-order valence-electron chi connectivity index (χ0n) is 11.2. The maximum absolute atomic E-state index is 9.26. The van der Waals surface area contributed by atoms with Crippen LogP contribution >= 0.6 is 0 Å². The third-order valence-corrected chi connectivity index (χ3v) is 3.54. The van der Waals surface area contributed by atoms with Gasteiger partial charge in [0.05, 0.1) is 6.10 Å². The second kappa shape index (κ2) is 6.88. The lowest BCUT2D eigenvalue weighted by Gasteiger charge is -2.32. The van der Waals surface area contributed by atoms with E-state index in [2.05, 4.69) is 40.5 Å². The van der Waals surface area contributed by atoms with Gasteiger partial charge < -0.3 is 10.4 Å². The molecular formula is C15H24N2O. The Hall–Kier alpha value is -0.900. The number of likely N-dealkylation sites (tertiary alicyclic amines) is 1. The van der Waals surface area contributed by atoms with Gasteiger partial charge in [0.25, 0.3) is 0 Å². The van der Waals surface area contributed by atoms with Crippen molar-refractivity contribution in [2.24, 2.45) is 0 Å². The van der Waals surface area contributed by atoms with Crippen molar-refractivity contribution < 1.29 is 5.11 Å². The second-order valence-electron chi connectivity index (χ2n) is 5.29. The Morgan fingerprint density at radius 3 is 2.56 bits per heavy atom. The highest BCUT2D eigenvalue weighted by Gasteiger charge is 2.18. The lowest BCUT2D eigenvalue weighted by atomic mass is 10.0. The number of hydrogen-bond donors (Lipinski definition) is 2. The average Bonchev–Trinajstić information content (AvgIpc) is 2.39. The fourth-order valence-corrected chi connectivity index (χ4v) is 2.47. The van der Waals surface area contributed by atoms with Gasteiger partial charge in [0, 0.05) is 19.1 Å². The normalized spacial score (nSPS) is 19.9. The zero-order chi connectivity index (χ0) is 12.8. The first kappa shape index (κ1) is 13.5. The lowest BCUT2D eigenvalue weighted by Crippen LogP contribution is -2.43. The fraction of sp³-hybridized carbons (Fsp3) is 0.600. The van der Waals surface area contributed by atoms with Crippen LogP contribution in [0.2, 0.25) is 0 Å². The van der Waals surface area contributed by atoms with Crippen molar-refractivity contribution in [1.29, 1.82) is 0 Å². The van der Waals surface area contributed by atoms with Crippen LogP contribution in [0, 0.1) is 0 Å². The summed E-state index contributed by atoms with van der Waals surface area (Å²) < 4.78 is 0. The molecule has 0 bridgehead atoms. The summed E-state index contributed by atoms with van der Waals surface area (Å²) in [6.45, 7) is 5.89. The molecule has 0 aliphatic carbocycles. The van der Waals surface area contributed by atoms with Gasteiger partial charge in [0.15, 0.2) is 0 Å². The lowest BCUT2D eigenvalue weighted by molar-refractivity contribution is 0.159. The van der Waals surface area contributed by atoms with Crippen LogP contribution in [-0.2, 0) is 6.54 Å². The second-order valence-corrected chi connectivity index (χ2v) is 5.29. The predicted octanol–water partition coefficient (Wildman–Crippen LogP) is 1.62. The number of nitrogens with zero attached hydrogens (tertiary/aromatic N) is 1. The molecule has 0 radical (unpaired) electrons. The molecule has 100 valence electrons. The molecule has 2 rings (SSSR count). The van der Waals surface area contributed by atoms with E-state index in [4.69, 9.17) is 0 Å². The number of hydrogen-bond acceptors (Lipinski definition) is 3. The molecule has 3 nitrogen and oxygen atoms in total. The van der Waals surface area contributed by atoms with Crippen LogP contribution in [0.1, 0.15) is 25.3 Å². The van der Waals surface area contributed by atoms with E-state index in [-0.39, 0.29) is 6.10 Å². The minimum atomic E-state index is -0.243. The molecule has 0 saturated carbocycles. The molecule has 1 aliphatic rings. The van der Waals surface area contributed by atoms with Crippen LogP contribution in [-0.4, -0.2) is 41.8 Å². The zero-order valence-corrected chi connectivity index (χ0v) is 11.2. The minimum Gasteiger partial charge on any atom is -0.392 e. The largest absolute Gasteiger partial charge is 0.392 e. The molecule has 3 heteroatoms. The van der Waals surface area contributed by atoms with Gasteiger partial charge in [-0.15, -0.1) is 0 Å². The molecule has 1 aromatic rings. The minimum absolute atomic E-state index is 0.243. The predicted molar refractivity (Wildman–Crippen MR) is 74.4 cm³/mol. The molecule has 1 aromatic carbocycles. The van der Waals surface area contributed by atoms with Crippen molar-refractivity contribution in [1.82, 2.24) is 10.2 Å². The van der Waals surface area contributed by atoms with Gasteiger partial charge in [0.2, 0.25) is 0 Å². The summed E-state index contributed by atoms with van der Waals surface area (Å²) in [5, 5.41) is 12.7. The Balaban J connectivity index is 1.70. The highest BCUT2D eigenvalue weighted by molar-refractivity contribution is 5.14. The van der Waals surface area contributed by atoms with Crippen molar-refractivity contribution in [2.45, 2.75) is 38.5 Å². The monoisotopic (exact) mass is 248 g/mol. The summed E-state index contributed by atoms with van der Waals surface area (Å²) in [5.74, 6) is 0. The van der Waals surface area contributed by atoms with Crippen LogP contribution in [0.4, 0.5) is 0 Å². The first-order chi connectivity index (χ1) is 8.74. The van der Waals surface area contributed by atoms with Crippen molar-refractivity contribution in [3.8, 4) is 0 Å². The Labute approximate surface area is 110 Å². The van der Waals surface area contributed by atoms with Crippen molar-refractivity contribution in [3.05, 3.63) is 35.9 Å². The number of aliphatic hydroxyl groups excluding tert-OH is 1. The Kier molecular flexibility index (Phi) is 5.17. The van der Waals surface area contributed by atoms with E-state index in [1.165, 1.54) is 18.4 Å². The molecule has 1 saturated heterocycles. The summed E-state index contributed by atoms with van der Waals surface area (Å²) in [7, 11) is 0. The molecule has 1 aliphatic heterocycles. The van der Waals surface area contributed by atoms with Gasteiger partial charge in [-0.05, 0) is 38.4 Å². The van der Waals surface area contributed by atoms with Crippen molar-refractivity contribution in [3.63, 3.8) is 0 Å². The highest BCUT2D eigenvalue weighted by Crippen LogP contribution is 2.13. The van der Waals surface area contributed by atoms with E-state index in [9.17, 15) is 5.11 Å². The van der Waals surface area contributed by atoms with E-state index in [1.807, 2.05) is 6.92 Å². The number of benzene rings is 1. The van der Waals surface area contributed by atoms with Crippen LogP contribution in [0.5, 0.6) is 0 Å². The van der Waals surface area contributed by atoms with Crippen molar-refractivity contribution >= 4 is 0 Å². The third kappa shape index (κ3) is 4.41. The topological polar surface area (TPSA) is 35.5 Å². The van der Waals surface area contributed by atoms with Crippen molar-refractivity contribution in [2.75, 3.05) is 19.6 Å². The molecule has 1 fully saturated rings. The first-order valence-corrected chi connectivity index (χ1v) is 6.92. The molecule has 1 heterocycles. The number of piperidine rings is 1. The molecule has 0 aromatic heterocycles. The number of rotatable bonds is 5. The number of aliphatic hydroxyl groups is 1. The van der Waals surface area contributed by atoms with Gasteiger partial charge in [-0.3, -0.25) is 4.90 Å². The Morgan fingerprint density at radius 2 is 1.94 bits per heavy atom. The van der Waals surface area contributed by atoms with Gasteiger partial charge in [-0.1, -0.05) is 30.3 Å². The molecule has 1 unspecified atom stereocenters. The van der Waals surface area contributed by atoms with Crippen LogP contribution in [0.15, 0.2) is 30.3 Å². The maximum Gasteiger partial charge on any atom is 0.0636 e. The third-order valence-electron chi connectivity index (χ3n) is 3.54. The van der Waals surface area contributed by atoms with Gasteiger partial charge in [-0.25, -0.2) is 0 Å². The van der Waals surface area contributed by atoms with Gasteiger partial charge in [-0.2, -0.15) is 0 Å². The summed E-state index contributed by atoms with van der Waals surface area (Å²) in [6.07, 6.45) is 2.12. The standard InChI is InChI=1S/C15H24N2O/c1-13(18)11-16-15-7-9-17(10-8-15)12-14-5-3-2-4-6-14/h2-6,13,15-16,18H,7-12H2,1H3. The molecule has 2 N–H and O–H groups in total. The van der Waals surface area contributed by atoms with E-state index in [1.54, 1.807) is 0 Å². The van der Waals surface area contributed by atoms with E-state index >= 15 is 0 Å². The van der Waals surface area contributed by atoms with E-state index < -0.39 is 0 Å².